The van der Waals surface area contributed by atoms with Crippen LogP contribution in [0.2, 0.25) is 0 Å². The molecule has 106 valence electrons. The lowest BCUT2D eigenvalue weighted by atomic mass is 9.97. The molecule has 2 aromatic carbocycles. The Labute approximate surface area is 123 Å². The summed E-state index contributed by atoms with van der Waals surface area (Å²) in [4.78, 5) is 0. The maximum absolute atomic E-state index is 6.14. The number of anilines is 1. The first-order valence-corrected chi connectivity index (χ1v) is 6.60. The Kier molecular flexibility index (Phi) is 3.31. The molecule has 21 heavy (non-hydrogen) atoms. The van der Waals surface area contributed by atoms with Gasteiger partial charge in [-0.2, -0.15) is 5.11 Å². The minimum atomic E-state index is -0.867. The van der Waals surface area contributed by atoms with E-state index in [2.05, 4.69) is 15.5 Å². The molecule has 1 aliphatic heterocycles. The van der Waals surface area contributed by atoms with Gasteiger partial charge in [0, 0.05) is 11.3 Å². The van der Waals surface area contributed by atoms with Gasteiger partial charge in [0.2, 0.25) is 5.66 Å². The number of nitrogens with two attached hydrogens (primary N) is 1. The Hall–Kier alpha value is -2.82. The summed E-state index contributed by atoms with van der Waals surface area (Å²) >= 11 is 0. The van der Waals surface area contributed by atoms with Crippen LogP contribution in [0.25, 0.3) is 0 Å². The van der Waals surface area contributed by atoms with Crippen LogP contribution in [0.5, 0.6) is 5.75 Å². The summed E-state index contributed by atoms with van der Waals surface area (Å²) in [7, 11) is 1.64. The van der Waals surface area contributed by atoms with Gasteiger partial charge in [-0.15, -0.1) is 5.11 Å². The molecular formula is C16H16N4O. The van der Waals surface area contributed by atoms with E-state index in [9.17, 15) is 0 Å². The molecule has 0 aromatic heterocycles. The van der Waals surface area contributed by atoms with Gasteiger partial charge in [-0.3, -0.25) is 0 Å². The van der Waals surface area contributed by atoms with Crippen LogP contribution in [0.15, 0.2) is 76.7 Å². The normalized spacial score (nSPS) is 20.1. The second-order valence-corrected chi connectivity index (χ2v) is 4.73. The Morgan fingerprint density at radius 1 is 1.05 bits per heavy atom. The molecule has 2 aromatic rings. The number of para-hydroxylation sites is 1. The molecule has 0 amide bonds. The number of hydrogen-bond donors (Lipinski definition) is 2. The fraction of sp³-hybridized carbons (Fsp3) is 0.125. The van der Waals surface area contributed by atoms with Crippen LogP contribution in [-0.2, 0) is 5.66 Å². The third-order valence-corrected chi connectivity index (χ3v) is 3.43. The predicted molar refractivity (Wildman–Crippen MR) is 81.9 cm³/mol. The van der Waals surface area contributed by atoms with Gasteiger partial charge >= 0.3 is 0 Å². The third kappa shape index (κ3) is 2.33. The number of nitrogens with zero attached hydrogens (tertiary/aromatic N) is 2. The molecular weight excluding hydrogens is 264 g/mol. The number of azo groups is 1. The van der Waals surface area contributed by atoms with Crippen molar-refractivity contribution in [3.05, 3.63) is 72.1 Å². The molecule has 5 nitrogen and oxygen atoms in total. The van der Waals surface area contributed by atoms with E-state index in [4.69, 9.17) is 10.5 Å². The van der Waals surface area contributed by atoms with Crippen molar-refractivity contribution < 1.29 is 4.74 Å². The van der Waals surface area contributed by atoms with Crippen LogP contribution in [-0.4, -0.2) is 7.11 Å². The van der Waals surface area contributed by atoms with Crippen molar-refractivity contribution in [1.29, 1.82) is 0 Å². The number of methoxy groups -OCH3 is 1. The Bertz CT molecular complexity index is 679. The van der Waals surface area contributed by atoms with E-state index in [1.807, 2.05) is 54.6 Å². The zero-order chi connectivity index (χ0) is 14.7. The lowest BCUT2D eigenvalue weighted by molar-refractivity contribution is 0.414. The van der Waals surface area contributed by atoms with Gasteiger partial charge in [0.1, 0.15) is 5.75 Å². The quantitative estimate of drug-likeness (QED) is 0.903. The maximum Gasteiger partial charge on any atom is 0.218 e. The molecule has 0 aliphatic carbocycles. The minimum Gasteiger partial charge on any atom is -0.497 e. The number of hydrogen-bond acceptors (Lipinski definition) is 5. The minimum absolute atomic E-state index is 0.552. The third-order valence-electron chi connectivity index (χ3n) is 3.43. The molecule has 0 fully saturated rings. The van der Waals surface area contributed by atoms with Gasteiger partial charge < -0.3 is 15.8 Å². The zero-order valence-corrected chi connectivity index (χ0v) is 11.7. The van der Waals surface area contributed by atoms with Gasteiger partial charge in [-0.1, -0.05) is 30.3 Å². The summed E-state index contributed by atoms with van der Waals surface area (Å²) in [6.45, 7) is 0. The van der Waals surface area contributed by atoms with Crippen LogP contribution in [0, 0.1) is 0 Å². The smallest absolute Gasteiger partial charge is 0.218 e. The first-order chi connectivity index (χ1) is 10.2. The summed E-state index contributed by atoms with van der Waals surface area (Å²) in [5, 5.41) is 11.7. The summed E-state index contributed by atoms with van der Waals surface area (Å²) in [5.41, 5.74) is 7.66. The first kappa shape index (κ1) is 13.2. The highest BCUT2D eigenvalue weighted by atomic mass is 16.5. The summed E-state index contributed by atoms with van der Waals surface area (Å²) in [5.74, 6) is 0.783. The van der Waals surface area contributed by atoms with E-state index < -0.39 is 5.66 Å². The summed E-state index contributed by atoms with van der Waals surface area (Å²) in [6, 6.07) is 17.4. The van der Waals surface area contributed by atoms with Crippen LogP contribution < -0.4 is 15.8 Å². The molecule has 1 aliphatic rings. The van der Waals surface area contributed by atoms with E-state index in [1.54, 1.807) is 13.3 Å². The highest BCUT2D eigenvalue weighted by molar-refractivity contribution is 5.52. The zero-order valence-electron chi connectivity index (χ0n) is 11.7. The van der Waals surface area contributed by atoms with E-state index in [-0.39, 0.29) is 0 Å². The standard InChI is InChI=1S/C16H16N4O/c1-21-14-9-7-12(8-10-14)16(15(17)11-18-20-16)19-13-5-3-2-4-6-13/h2-11,19H,17H2,1H3. The van der Waals surface area contributed by atoms with E-state index in [1.165, 1.54) is 0 Å². The molecule has 1 heterocycles. The molecule has 0 saturated carbocycles. The summed E-state index contributed by atoms with van der Waals surface area (Å²) in [6.07, 6.45) is 1.57. The van der Waals surface area contributed by atoms with Crippen molar-refractivity contribution >= 4 is 5.69 Å². The molecule has 1 unspecified atom stereocenters. The highest BCUT2D eigenvalue weighted by Gasteiger charge is 2.38. The molecule has 3 N–H and O–H groups in total. The second kappa shape index (κ2) is 5.28. The Morgan fingerprint density at radius 3 is 2.33 bits per heavy atom. The van der Waals surface area contributed by atoms with E-state index in [0.717, 1.165) is 17.0 Å². The van der Waals surface area contributed by atoms with Gasteiger partial charge in [-0.25, -0.2) is 0 Å². The van der Waals surface area contributed by atoms with Crippen LogP contribution >= 0.6 is 0 Å². The van der Waals surface area contributed by atoms with Crippen molar-refractivity contribution in [2.24, 2.45) is 16.0 Å². The fourth-order valence-corrected chi connectivity index (χ4v) is 2.29. The Morgan fingerprint density at radius 2 is 1.76 bits per heavy atom. The Balaban J connectivity index is 2.01. The SMILES string of the molecule is COc1ccc(C2(Nc3ccccc3)N=NC=C2N)cc1. The molecule has 3 rings (SSSR count). The predicted octanol–water partition coefficient (Wildman–Crippen LogP) is 3.23. The fourth-order valence-electron chi connectivity index (χ4n) is 2.29. The van der Waals surface area contributed by atoms with Crippen LogP contribution in [0.1, 0.15) is 5.56 Å². The largest absolute Gasteiger partial charge is 0.497 e. The second-order valence-electron chi connectivity index (χ2n) is 4.73. The molecule has 5 heteroatoms. The van der Waals surface area contributed by atoms with Crippen molar-refractivity contribution in [3.8, 4) is 5.75 Å². The number of nitrogens with one attached hydrogen (secondary N) is 1. The average Bonchev–Trinajstić information content (AvgIpc) is 2.90. The van der Waals surface area contributed by atoms with Gasteiger partial charge in [0.05, 0.1) is 19.0 Å². The topological polar surface area (TPSA) is 72.0 Å². The molecule has 1 atom stereocenters. The molecule has 0 spiro atoms. The van der Waals surface area contributed by atoms with Crippen molar-refractivity contribution in [1.82, 2.24) is 0 Å². The lowest BCUT2D eigenvalue weighted by Gasteiger charge is -2.29. The first-order valence-electron chi connectivity index (χ1n) is 6.60. The summed E-state index contributed by atoms with van der Waals surface area (Å²) < 4.78 is 5.19. The van der Waals surface area contributed by atoms with Crippen LogP contribution in [0.4, 0.5) is 5.69 Å². The molecule has 0 radical (unpaired) electrons. The number of rotatable bonds is 4. The van der Waals surface area contributed by atoms with Gasteiger partial charge in [0.25, 0.3) is 0 Å². The lowest BCUT2D eigenvalue weighted by Crippen LogP contribution is -2.37. The number of ether oxygens (including phenoxy) is 1. The van der Waals surface area contributed by atoms with Crippen LogP contribution in [0.3, 0.4) is 0 Å². The monoisotopic (exact) mass is 280 g/mol. The van der Waals surface area contributed by atoms with E-state index >= 15 is 0 Å². The van der Waals surface area contributed by atoms with Gasteiger partial charge in [0.15, 0.2) is 0 Å². The van der Waals surface area contributed by atoms with Crippen molar-refractivity contribution in [3.63, 3.8) is 0 Å². The number of benzene rings is 2. The van der Waals surface area contributed by atoms with Crippen molar-refractivity contribution in [2.75, 3.05) is 12.4 Å². The average molecular weight is 280 g/mol. The van der Waals surface area contributed by atoms with Crippen molar-refractivity contribution in [2.45, 2.75) is 5.66 Å². The van der Waals surface area contributed by atoms with E-state index in [0.29, 0.717) is 5.70 Å². The molecule has 0 saturated heterocycles. The maximum atomic E-state index is 6.14. The van der Waals surface area contributed by atoms with Gasteiger partial charge in [-0.05, 0) is 24.3 Å². The molecule has 0 bridgehead atoms. The highest BCUT2D eigenvalue weighted by Crippen LogP contribution is 2.37.